The van der Waals surface area contributed by atoms with E-state index >= 15 is 0 Å². The Morgan fingerprint density at radius 3 is 1.93 bits per heavy atom. The highest BCUT2D eigenvalue weighted by atomic mass is 32.1. The monoisotopic (exact) mass is 621 g/mol. The minimum absolute atomic E-state index is 0.671. The molecule has 0 radical (unpaired) electrons. The zero-order valence-electron chi connectivity index (χ0n) is 24.4. The largest absolute Gasteiger partial charge is 0.208 e. The predicted octanol–water partition coefficient (Wildman–Crippen LogP) is 11.9. The molecule has 0 unspecified atom stereocenters. The van der Waals surface area contributed by atoms with Crippen LogP contribution in [-0.4, -0.2) is 15.0 Å². The number of thiophene rings is 2. The molecule has 3 aromatic heterocycles. The maximum absolute atomic E-state index is 5.20. The molecule has 7 aromatic carbocycles. The van der Waals surface area contributed by atoms with Gasteiger partial charge in [-0.2, -0.15) is 0 Å². The van der Waals surface area contributed by atoms with E-state index in [2.05, 4.69) is 121 Å². The number of hydrogen-bond donors (Lipinski definition) is 0. The van der Waals surface area contributed by atoms with E-state index < -0.39 is 0 Å². The van der Waals surface area contributed by atoms with Crippen LogP contribution in [0, 0.1) is 0 Å². The Morgan fingerprint density at radius 1 is 0.348 bits per heavy atom. The van der Waals surface area contributed by atoms with Crippen molar-refractivity contribution in [2.75, 3.05) is 0 Å². The lowest BCUT2D eigenvalue weighted by molar-refractivity contribution is 1.08. The first-order valence-corrected chi connectivity index (χ1v) is 16.9. The van der Waals surface area contributed by atoms with Crippen LogP contribution in [0.15, 0.2) is 140 Å². The van der Waals surface area contributed by atoms with E-state index in [1.165, 1.54) is 61.9 Å². The second kappa shape index (κ2) is 10.0. The Hall–Kier alpha value is -5.49. The SMILES string of the molecule is c1ccc(-c2nc(-c3ccc4c(c3)sc3ccccc34)nc(-c3cccc4sc5cc6ccc7ccccc7c6cc5c34)n2)cc1. The smallest absolute Gasteiger partial charge is 0.164 e. The molecule has 0 atom stereocenters. The van der Waals surface area contributed by atoms with Crippen LogP contribution in [0.1, 0.15) is 0 Å². The molecule has 10 aromatic rings. The second-order valence-electron chi connectivity index (χ2n) is 11.6. The molecule has 0 fully saturated rings. The number of fused-ring (bicyclic) bond motifs is 9. The molecule has 5 heteroatoms. The van der Waals surface area contributed by atoms with Crippen LogP contribution < -0.4 is 0 Å². The van der Waals surface area contributed by atoms with Gasteiger partial charge in [0.1, 0.15) is 0 Å². The summed E-state index contributed by atoms with van der Waals surface area (Å²) in [6.45, 7) is 0. The van der Waals surface area contributed by atoms with Crippen LogP contribution in [0.5, 0.6) is 0 Å². The lowest BCUT2D eigenvalue weighted by atomic mass is 9.98. The van der Waals surface area contributed by atoms with Crippen LogP contribution in [0.2, 0.25) is 0 Å². The Labute approximate surface area is 272 Å². The van der Waals surface area contributed by atoms with Gasteiger partial charge in [-0.15, -0.1) is 22.7 Å². The number of nitrogens with zero attached hydrogens (tertiary/aromatic N) is 3. The maximum atomic E-state index is 5.20. The number of benzene rings is 7. The van der Waals surface area contributed by atoms with Gasteiger partial charge in [0.2, 0.25) is 0 Å². The average Bonchev–Trinajstić information content (AvgIpc) is 3.68. The summed E-state index contributed by atoms with van der Waals surface area (Å²) in [4.78, 5) is 15.4. The van der Waals surface area contributed by atoms with Crippen molar-refractivity contribution in [2.45, 2.75) is 0 Å². The van der Waals surface area contributed by atoms with Crippen molar-refractivity contribution in [1.29, 1.82) is 0 Å². The van der Waals surface area contributed by atoms with E-state index in [1.807, 2.05) is 40.9 Å². The van der Waals surface area contributed by atoms with E-state index in [0.29, 0.717) is 17.5 Å². The van der Waals surface area contributed by atoms with Gasteiger partial charge in [-0.05, 0) is 51.9 Å². The van der Waals surface area contributed by atoms with Crippen molar-refractivity contribution in [3.05, 3.63) is 140 Å². The molecule has 46 heavy (non-hydrogen) atoms. The quantitative estimate of drug-likeness (QED) is 0.184. The zero-order chi connectivity index (χ0) is 30.2. The lowest BCUT2D eigenvalue weighted by Gasteiger charge is -2.10. The van der Waals surface area contributed by atoms with Gasteiger partial charge in [-0.25, -0.2) is 15.0 Å². The Morgan fingerprint density at radius 2 is 1.02 bits per heavy atom. The van der Waals surface area contributed by atoms with Gasteiger partial charge in [0.05, 0.1) is 0 Å². The van der Waals surface area contributed by atoms with Crippen LogP contribution in [0.25, 0.3) is 96.1 Å². The highest BCUT2D eigenvalue weighted by Gasteiger charge is 2.18. The summed E-state index contributed by atoms with van der Waals surface area (Å²) in [5.41, 5.74) is 2.97. The van der Waals surface area contributed by atoms with Crippen molar-refractivity contribution in [1.82, 2.24) is 15.0 Å². The molecule has 10 rings (SSSR count). The third kappa shape index (κ3) is 3.99. The fourth-order valence-electron chi connectivity index (χ4n) is 6.72. The van der Waals surface area contributed by atoms with Crippen LogP contribution >= 0.6 is 22.7 Å². The first-order chi connectivity index (χ1) is 22.8. The highest BCUT2D eigenvalue weighted by molar-refractivity contribution is 7.26. The number of rotatable bonds is 3. The molecule has 3 nitrogen and oxygen atoms in total. The summed E-state index contributed by atoms with van der Waals surface area (Å²) in [5, 5.41) is 10.00. The molecule has 0 aliphatic carbocycles. The minimum Gasteiger partial charge on any atom is -0.208 e. The molecule has 214 valence electrons. The average molecular weight is 622 g/mol. The first-order valence-electron chi connectivity index (χ1n) is 15.3. The van der Waals surface area contributed by atoms with E-state index in [-0.39, 0.29) is 0 Å². The van der Waals surface area contributed by atoms with Crippen molar-refractivity contribution >= 4 is 84.6 Å². The Balaban J connectivity index is 1.23. The predicted molar refractivity (Wildman–Crippen MR) is 197 cm³/mol. The summed E-state index contributed by atoms with van der Waals surface area (Å²) in [7, 11) is 0. The highest BCUT2D eigenvalue weighted by Crippen LogP contribution is 2.43. The fourth-order valence-corrected chi connectivity index (χ4v) is 9.03. The van der Waals surface area contributed by atoms with Crippen LogP contribution in [0.4, 0.5) is 0 Å². The summed E-state index contributed by atoms with van der Waals surface area (Å²) in [5.74, 6) is 2.03. The van der Waals surface area contributed by atoms with Gasteiger partial charge in [0.15, 0.2) is 17.5 Å². The molecule has 0 saturated heterocycles. The van der Waals surface area contributed by atoms with Crippen LogP contribution in [0.3, 0.4) is 0 Å². The third-order valence-electron chi connectivity index (χ3n) is 8.91. The van der Waals surface area contributed by atoms with Gasteiger partial charge in [-0.1, -0.05) is 109 Å². The van der Waals surface area contributed by atoms with Gasteiger partial charge in [0.25, 0.3) is 0 Å². The van der Waals surface area contributed by atoms with Crippen molar-refractivity contribution in [2.24, 2.45) is 0 Å². The lowest BCUT2D eigenvalue weighted by Crippen LogP contribution is -2.00. The number of hydrogen-bond acceptors (Lipinski definition) is 5. The summed E-state index contributed by atoms with van der Waals surface area (Å²) < 4.78 is 5.00. The molecule has 0 spiro atoms. The Bertz CT molecular complexity index is 2810. The van der Waals surface area contributed by atoms with Gasteiger partial charge in [-0.3, -0.25) is 0 Å². The summed E-state index contributed by atoms with van der Waals surface area (Å²) in [6, 6.07) is 49.7. The molecular formula is C41H23N3S2. The normalized spacial score (nSPS) is 11.9. The van der Waals surface area contributed by atoms with Crippen LogP contribution in [-0.2, 0) is 0 Å². The Kier molecular flexibility index (Phi) is 5.61. The molecule has 3 heterocycles. The molecule has 0 bridgehead atoms. The van der Waals surface area contributed by atoms with Gasteiger partial charge in [0, 0.05) is 57.0 Å². The zero-order valence-corrected chi connectivity index (χ0v) is 26.1. The van der Waals surface area contributed by atoms with Crippen molar-refractivity contribution in [3.63, 3.8) is 0 Å². The molecule has 0 aliphatic rings. The summed E-state index contributed by atoms with van der Waals surface area (Å²) in [6.07, 6.45) is 0. The maximum Gasteiger partial charge on any atom is 0.164 e. The van der Waals surface area contributed by atoms with Crippen molar-refractivity contribution < 1.29 is 0 Å². The minimum atomic E-state index is 0.671. The van der Waals surface area contributed by atoms with Gasteiger partial charge < -0.3 is 0 Å². The van der Waals surface area contributed by atoms with Gasteiger partial charge >= 0.3 is 0 Å². The summed E-state index contributed by atoms with van der Waals surface area (Å²) >= 11 is 3.63. The standard InChI is InChI=1S/C41H23N3S2/c1-2-10-25(11-3-1)39-42-40(27-19-20-30-29-13-6-7-15-34(29)45-36(30)22-27)44-41(43-39)31-14-8-16-35-38(31)33-23-32-26(21-37(33)46-35)18-17-24-9-4-5-12-28(24)32/h1-23H. The van der Waals surface area contributed by atoms with E-state index in [4.69, 9.17) is 15.0 Å². The van der Waals surface area contributed by atoms with E-state index in [0.717, 1.165) is 16.7 Å². The second-order valence-corrected chi connectivity index (χ2v) is 13.8. The molecule has 0 N–H and O–H groups in total. The molecule has 0 amide bonds. The molecule has 0 aliphatic heterocycles. The topological polar surface area (TPSA) is 38.7 Å². The number of aromatic nitrogens is 3. The van der Waals surface area contributed by atoms with E-state index in [1.54, 1.807) is 0 Å². The third-order valence-corrected chi connectivity index (χ3v) is 11.2. The van der Waals surface area contributed by atoms with Crippen molar-refractivity contribution in [3.8, 4) is 34.2 Å². The fraction of sp³-hybridized carbons (Fsp3) is 0. The van der Waals surface area contributed by atoms with E-state index in [9.17, 15) is 0 Å². The molecular weight excluding hydrogens is 599 g/mol. The molecule has 0 saturated carbocycles. The first kappa shape index (κ1) is 25.8.